The second kappa shape index (κ2) is 13.9. The Morgan fingerprint density at radius 2 is 1.68 bits per heavy atom. The maximum absolute atomic E-state index is 12.4. The number of ketones is 1. The number of nitrogen functional groups attached to an aromatic ring is 1. The Kier molecular flexibility index (Phi) is 12.1. The lowest BCUT2D eigenvalue weighted by Gasteiger charge is -2.16. The van der Waals surface area contributed by atoms with E-state index in [2.05, 4.69) is 23.8 Å². The van der Waals surface area contributed by atoms with Gasteiger partial charge >= 0.3 is 0 Å². The zero-order valence-corrected chi connectivity index (χ0v) is 16.5. The molecule has 0 bridgehead atoms. The summed E-state index contributed by atoms with van der Waals surface area (Å²) in [6.45, 7) is 4.50. The minimum absolute atomic E-state index is 0.434. The average molecular weight is 350 g/mol. The van der Waals surface area contributed by atoms with Gasteiger partial charge < -0.3 is 10.7 Å². The van der Waals surface area contributed by atoms with Gasteiger partial charge in [-0.15, -0.1) is 0 Å². The van der Waals surface area contributed by atoms with Crippen molar-refractivity contribution in [3.63, 3.8) is 0 Å². The van der Waals surface area contributed by atoms with E-state index in [1.165, 1.54) is 64.2 Å². The standard InChI is InChI=1S/C21H39N3O/c1-3-5-7-9-12-18(13-10-8-6-4-2)16-20(25)15-11-14-19-17-23-21(22)24-19/h17-18H,3-16H2,1-2H3,(H3,22,23,24). The van der Waals surface area contributed by atoms with Crippen molar-refractivity contribution in [1.82, 2.24) is 9.97 Å². The molecular formula is C21H39N3O. The summed E-state index contributed by atoms with van der Waals surface area (Å²) in [6.07, 6.45) is 17.8. The largest absolute Gasteiger partial charge is 0.369 e. The Balaban J connectivity index is 2.27. The number of unbranched alkanes of at least 4 members (excludes halogenated alkanes) is 6. The number of carbonyl (C=O) groups excluding carboxylic acids is 1. The van der Waals surface area contributed by atoms with Gasteiger partial charge in [-0.1, -0.05) is 78.1 Å². The summed E-state index contributed by atoms with van der Waals surface area (Å²) in [5.74, 6) is 1.49. The van der Waals surface area contributed by atoms with Crippen LogP contribution >= 0.6 is 0 Å². The van der Waals surface area contributed by atoms with E-state index in [9.17, 15) is 4.79 Å². The van der Waals surface area contributed by atoms with E-state index in [-0.39, 0.29) is 0 Å². The van der Waals surface area contributed by atoms with Gasteiger partial charge in [-0.2, -0.15) is 0 Å². The van der Waals surface area contributed by atoms with Crippen molar-refractivity contribution in [2.45, 2.75) is 104 Å². The molecule has 1 aromatic rings. The third-order valence-electron chi connectivity index (χ3n) is 5.00. The Morgan fingerprint density at radius 1 is 1.04 bits per heavy atom. The third kappa shape index (κ3) is 11.0. The van der Waals surface area contributed by atoms with Gasteiger partial charge in [0.2, 0.25) is 0 Å². The molecule has 0 saturated heterocycles. The summed E-state index contributed by atoms with van der Waals surface area (Å²) in [5, 5.41) is 0. The molecule has 0 radical (unpaired) electrons. The fourth-order valence-electron chi connectivity index (χ4n) is 3.47. The number of H-pyrrole nitrogens is 1. The number of hydrogen-bond acceptors (Lipinski definition) is 3. The lowest BCUT2D eigenvalue weighted by molar-refractivity contribution is -0.120. The van der Waals surface area contributed by atoms with E-state index >= 15 is 0 Å². The monoisotopic (exact) mass is 349 g/mol. The van der Waals surface area contributed by atoms with Gasteiger partial charge in [-0.25, -0.2) is 4.98 Å². The van der Waals surface area contributed by atoms with Crippen LogP contribution in [-0.4, -0.2) is 15.8 Å². The highest BCUT2D eigenvalue weighted by atomic mass is 16.1. The van der Waals surface area contributed by atoms with Crippen LogP contribution in [0.3, 0.4) is 0 Å². The molecular weight excluding hydrogens is 310 g/mol. The lowest BCUT2D eigenvalue weighted by atomic mass is 9.89. The average Bonchev–Trinajstić information content (AvgIpc) is 3.00. The molecule has 1 rings (SSSR count). The number of imidazole rings is 1. The molecule has 0 spiro atoms. The minimum atomic E-state index is 0.434. The summed E-state index contributed by atoms with van der Waals surface area (Å²) >= 11 is 0. The van der Waals surface area contributed by atoms with Gasteiger partial charge in [-0.05, 0) is 18.8 Å². The highest BCUT2D eigenvalue weighted by molar-refractivity contribution is 5.78. The fourth-order valence-corrected chi connectivity index (χ4v) is 3.47. The SMILES string of the molecule is CCCCCCC(CCCCCC)CC(=O)CCCc1cnc(N)[nH]1. The summed E-state index contributed by atoms with van der Waals surface area (Å²) < 4.78 is 0. The van der Waals surface area contributed by atoms with Crippen molar-refractivity contribution in [3.05, 3.63) is 11.9 Å². The number of aryl methyl sites for hydroxylation is 1. The third-order valence-corrected chi connectivity index (χ3v) is 5.00. The molecule has 0 unspecified atom stereocenters. The van der Waals surface area contributed by atoms with Gasteiger partial charge in [0.1, 0.15) is 5.78 Å². The van der Waals surface area contributed by atoms with Crippen LogP contribution in [0.5, 0.6) is 0 Å². The first-order valence-corrected chi connectivity index (χ1v) is 10.5. The quantitative estimate of drug-likeness (QED) is 0.369. The fraction of sp³-hybridized carbons (Fsp3) is 0.810. The zero-order valence-electron chi connectivity index (χ0n) is 16.5. The van der Waals surface area contributed by atoms with E-state index in [0.717, 1.165) is 25.0 Å². The number of nitrogens with zero attached hydrogens (tertiary/aromatic N) is 1. The Labute approximate surface area is 154 Å². The summed E-state index contributed by atoms with van der Waals surface area (Å²) in [6, 6.07) is 0. The van der Waals surface area contributed by atoms with Gasteiger partial charge in [-0.3, -0.25) is 4.79 Å². The van der Waals surface area contributed by atoms with Crippen LogP contribution < -0.4 is 5.73 Å². The number of aromatic nitrogens is 2. The molecule has 0 saturated carbocycles. The molecule has 0 fully saturated rings. The molecule has 0 aromatic carbocycles. The number of nitrogens with one attached hydrogen (secondary N) is 1. The van der Waals surface area contributed by atoms with E-state index in [1.807, 2.05) is 0 Å². The number of nitrogens with two attached hydrogens (primary N) is 1. The van der Waals surface area contributed by atoms with Crippen molar-refractivity contribution in [2.75, 3.05) is 5.73 Å². The highest BCUT2D eigenvalue weighted by Crippen LogP contribution is 2.23. The topological polar surface area (TPSA) is 71.8 Å². The second-order valence-electron chi connectivity index (χ2n) is 7.45. The van der Waals surface area contributed by atoms with E-state index in [0.29, 0.717) is 24.1 Å². The predicted molar refractivity (Wildman–Crippen MR) is 107 cm³/mol. The van der Waals surface area contributed by atoms with Crippen molar-refractivity contribution in [1.29, 1.82) is 0 Å². The second-order valence-corrected chi connectivity index (χ2v) is 7.45. The molecule has 0 aliphatic carbocycles. The predicted octanol–water partition coefficient (Wildman–Crippen LogP) is 5.83. The number of rotatable bonds is 16. The molecule has 144 valence electrons. The van der Waals surface area contributed by atoms with Crippen molar-refractivity contribution < 1.29 is 4.79 Å². The molecule has 25 heavy (non-hydrogen) atoms. The van der Waals surface area contributed by atoms with Crippen LogP contribution in [0.15, 0.2) is 6.20 Å². The molecule has 3 N–H and O–H groups in total. The number of Topliss-reactive ketones (excluding diaryl/α,β-unsaturated/α-hetero) is 1. The van der Waals surface area contributed by atoms with Gasteiger partial charge in [0.05, 0.1) is 6.20 Å². The van der Waals surface area contributed by atoms with Gasteiger partial charge in [0, 0.05) is 18.5 Å². The first-order valence-electron chi connectivity index (χ1n) is 10.5. The van der Waals surface area contributed by atoms with E-state index < -0.39 is 0 Å². The Hall–Kier alpha value is -1.32. The van der Waals surface area contributed by atoms with E-state index in [4.69, 9.17) is 5.73 Å². The number of anilines is 1. The van der Waals surface area contributed by atoms with E-state index in [1.54, 1.807) is 6.20 Å². The molecule has 1 heterocycles. The molecule has 0 aliphatic rings. The number of aromatic amines is 1. The summed E-state index contributed by atoms with van der Waals surface area (Å²) in [4.78, 5) is 19.4. The lowest BCUT2D eigenvalue weighted by Crippen LogP contribution is -2.09. The first-order chi connectivity index (χ1) is 12.2. The summed E-state index contributed by atoms with van der Waals surface area (Å²) in [5.41, 5.74) is 6.61. The molecule has 0 atom stereocenters. The van der Waals surface area contributed by atoms with Gasteiger partial charge in [0.25, 0.3) is 0 Å². The van der Waals surface area contributed by atoms with Crippen molar-refractivity contribution in [3.8, 4) is 0 Å². The Morgan fingerprint density at radius 3 is 2.20 bits per heavy atom. The van der Waals surface area contributed by atoms with Crippen LogP contribution in [0.4, 0.5) is 5.95 Å². The highest BCUT2D eigenvalue weighted by Gasteiger charge is 2.14. The molecule has 4 heteroatoms. The van der Waals surface area contributed by atoms with Crippen LogP contribution in [-0.2, 0) is 11.2 Å². The molecule has 4 nitrogen and oxygen atoms in total. The Bertz CT molecular complexity index is 444. The normalized spacial score (nSPS) is 11.3. The van der Waals surface area contributed by atoms with Crippen LogP contribution in [0.1, 0.15) is 103 Å². The van der Waals surface area contributed by atoms with Gasteiger partial charge in [0.15, 0.2) is 5.95 Å². The smallest absolute Gasteiger partial charge is 0.197 e. The molecule has 0 amide bonds. The van der Waals surface area contributed by atoms with Crippen LogP contribution in [0.2, 0.25) is 0 Å². The first kappa shape index (κ1) is 21.7. The maximum atomic E-state index is 12.4. The van der Waals surface area contributed by atoms with Crippen LogP contribution in [0, 0.1) is 5.92 Å². The number of hydrogen-bond donors (Lipinski definition) is 2. The van der Waals surface area contributed by atoms with Crippen LogP contribution in [0.25, 0.3) is 0 Å². The maximum Gasteiger partial charge on any atom is 0.197 e. The minimum Gasteiger partial charge on any atom is -0.369 e. The molecule has 0 aliphatic heterocycles. The van der Waals surface area contributed by atoms with Crippen molar-refractivity contribution in [2.24, 2.45) is 5.92 Å². The summed E-state index contributed by atoms with van der Waals surface area (Å²) in [7, 11) is 0. The zero-order chi connectivity index (χ0) is 18.3. The van der Waals surface area contributed by atoms with Crippen molar-refractivity contribution >= 4 is 11.7 Å². The molecule has 1 aromatic heterocycles. The number of carbonyl (C=O) groups is 1.